The molecule has 1 aliphatic heterocycles. The summed E-state index contributed by atoms with van der Waals surface area (Å²) in [5.41, 5.74) is 8.78. The first-order valence-electron chi connectivity index (χ1n) is 6.30. The van der Waals surface area contributed by atoms with Gasteiger partial charge in [0.1, 0.15) is 5.82 Å². The Balaban J connectivity index is 1.93. The van der Waals surface area contributed by atoms with Crippen molar-refractivity contribution >= 4 is 17.6 Å². The maximum absolute atomic E-state index is 6.03. The smallest absolute Gasteiger partial charge is 0.148 e. The second-order valence-electron chi connectivity index (χ2n) is 4.85. The van der Waals surface area contributed by atoms with E-state index in [9.17, 15) is 0 Å². The molecule has 2 N–H and O–H groups in total. The zero-order chi connectivity index (χ0) is 11.0. The number of thioether (sulfide) groups is 1. The fourth-order valence-corrected chi connectivity index (χ4v) is 3.91. The molecule has 0 spiro atoms. The first-order chi connectivity index (χ1) is 7.86. The Labute approximate surface area is 101 Å². The molecule has 3 rings (SSSR count). The number of nitrogens with zero attached hydrogens (tertiary/aromatic N) is 2. The SMILES string of the molecule is Nc1nn(C2CCCCC2)c2c1CCSC2. The van der Waals surface area contributed by atoms with E-state index in [-0.39, 0.29) is 0 Å². The quantitative estimate of drug-likeness (QED) is 0.816. The van der Waals surface area contributed by atoms with Gasteiger partial charge in [-0.1, -0.05) is 19.3 Å². The largest absolute Gasteiger partial charge is 0.382 e. The third-order valence-electron chi connectivity index (χ3n) is 3.81. The molecule has 88 valence electrons. The van der Waals surface area contributed by atoms with E-state index in [0.717, 1.165) is 18.0 Å². The van der Waals surface area contributed by atoms with E-state index < -0.39 is 0 Å². The van der Waals surface area contributed by atoms with Gasteiger partial charge in [0.2, 0.25) is 0 Å². The van der Waals surface area contributed by atoms with Gasteiger partial charge in [-0.15, -0.1) is 0 Å². The van der Waals surface area contributed by atoms with Crippen molar-refractivity contribution in [2.45, 2.75) is 50.3 Å². The van der Waals surface area contributed by atoms with Crippen molar-refractivity contribution in [2.75, 3.05) is 11.5 Å². The standard InChI is InChI=1S/C12H19N3S/c13-12-10-6-7-16-8-11(10)15(14-12)9-4-2-1-3-5-9/h9H,1-8H2,(H2,13,14). The van der Waals surface area contributed by atoms with Gasteiger partial charge in [-0.3, -0.25) is 4.68 Å². The summed E-state index contributed by atoms with van der Waals surface area (Å²) in [6.45, 7) is 0. The molecule has 1 saturated carbocycles. The third kappa shape index (κ3) is 1.73. The van der Waals surface area contributed by atoms with Crippen LogP contribution in [0.25, 0.3) is 0 Å². The maximum atomic E-state index is 6.03. The molecule has 1 fully saturated rings. The van der Waals surface area contributed by atoms with E-state index in [1.165, 1.54) is 49.1 Å². The highest BCUT2D eigenvalue weighted by Crippen LogP contribution is 2.35. The van der Waals surface area contributed by atoms with Gasteiger partial charge in [-0.2, -0.15) is 16.9 Å². The van der Waals surface area contributed by atoms with Crippen molar-refractivity contribution in [3.8, 4) is 0 Å². The highest BCUT2D eigenvalue weighted by atomic mass is 32.2. The average Bonchev–Trinajstić information content (AvgIpc) is 2.69. The van der Waals surface area contributed by atoms with E-state index in [0.29, 0.717) is 6.04 Å². The molecule has 4 heteroatoms. The van der Waals surface area contributed by atoms with Gasteiger partial charge < -0.3 is 5.73 Å². The Morgan fingerprint density at radius 2 is 2.06 bits per heavy atom. The number of hydrogen-bond acceptors (Lipinski definition) is 3. The molecule has 0 amide bonds. The number of fused-ring (bicyclic) bond motifs is 1. The molecule has 1 aromatic heterocycles. The Bertz CT molecular complexity index is 380. The molecule has 0 unspecified atom stereocenters. The van der Waals surface area contributed by atoms with Crippen LogP contribution in [0.4, 0.5) is 5.82 Å². The molecule has 0 aromatic carbocycles. The van der Waals surface area contributed by atoms with Crippen LogP contribution in [0.2, 0.25) is 0 Å². The molecule has 0 saturated heterocycles. The van der Waals surface area contributed by atoms with Gasteiger partial charge in [0.05, 0.1) is 11.7 Å². The van der Waals surface area contributed by atoms with Crippen LogP contribution < -0.4 is 5.73 Å². The Kier molecular flexibility index (Phi) is 2.84. The van der Waals surface area contributed by atoms with Crippen molar-refractivity contribution in [3.05, 3.63) is 11.3 Å². The minimum Gasteiger partial charge on any atom is -0.382 e. The molecule has 3 nitrogen and oxygen atoms in total. The molecule has 0 radical (unpaired) electrons. The topological polar surface area (TPSA) is 43.8 Å². The first-order valence-corrected chi connectivity index (χ1v) is 7.45. The van der Waals surface area contributed by atoms with Crippen LogP contribution in [0.1, 0.15) is 49.4 Å². The van der Waals surface area contributed by atoms with Gasteiger partial charge >= 0.3 is 0 Å². The summed E-state index contributed by atoms with van der Waals surface area (Å²) < 4.78 is 2.26. The van der Waals surface area contributed by atoms with E-state index in [4.69, 9.17) is 5.73 Å². The number of rotatable bonds is 1. The van der Waals surface area contributed by atoms with E-state index >= 15 is 0 Å². The summed E-state index contributed by atoms with van der Waals surface area (Å²) in [4.78, 5) is 0. The minimum atomic E-state index is 0.624. The van der Waals surface area contributed by atoms with Gasteiger partial charge in [0.25, 0.3) is 0 Å². The summed E-state index contributed by atoms with van der Waals surface area (Å²) in [6.07, 6.45) is 7.79. The zero-order valence-electron chi connectivity index (χ0n) is 9.61. The van der Waals surface area contributed by atoms with Crippen molar-refractivity contribution in [3.63, 3.8) is 0 Å². The van der Waals surface area contributed by atoms with Crippen LogP contribution in [-0.4, -0.2) is 15.5 Å². The van der Waals surface area contributed by atoms with Crippen LogP contribution in [0.15, 0.2) is 0 Å². The predicted octanol–water partition coefficient (Wildman–Crippen LogP) is 2.76. The fraction of sp³-hybridized carbons (Fsp3) is 0.750. The average molecular weight is 237 g/mol. The van der Waals surface area contributed by atoms with Crippen LogP contribution in [0.3, 0.4) is 0 Å². The van der Waals surface area contributed by atoms with Gasteiger partial charge in [-0.05, 0) is 25.0 Å². The van der Waals surface area contributed by atoms with Crippen LogP contribution in [0, 0.1) is 0 Å². The van der Waals surface area contributed by atoms with Gasteiger partial charge in [0.15, 0.2) is 0 Å². The third-order valence-corrected chi connectivity index (χ3v) is 4.78. The maximum Gasteiger partial charge on any atom is 0.148 e. The normalized spacial score (nSPS) is 22.0. The molecule has 1 aliphatic carbocycles. The molecule has 1 aromatic rings. The van der Waals surface area contributed by atoms with E-state index in [2.05, 4.69) is 9.78 Å². The lowest BCUT2D eigenvalue weighted by Gasteiger charge is -2.25. The summed E-state index contributed by atoms with van der Waals surface area (Å²) in [7, 11) is 0. The lowest BCUT2D eigenvalue weighted by atomic mass is 9.95. The summed E-state index contributed by atoms with van der Waals surface area (Å²) >= 11 is 2.01. The predicted molar refractivity (Wildman–Crippen MR) is 68.6 cm³/mol. The number of aromatic nitrogens is 2. The zero-order valence-corrected chi connectivity index (χ0v) is 10.4. The summed E-state index contributed by atoms with van der Waals surface area (Å²) in [5, 5.41) is 4.60. The Morgan fingerprint density at radius 3 is 2.88 bits per heavy atom. The summed E-state index contributed by atoms with van der Waals surface area (Å²) in [6, 6.07) is 0.624. The molecular formula is C12H19N3S. The molecule has 2 heterocycles. The van der Waals surface area contributed by atoms with Crippen molar-refractivity contribution in [2.24, 2.45) is 0 Å². The minimum absolute atomic E-state index is 0.624. The van der Waals surface area contributed by atoms with Gasteiger partial charge in [-0.25, -0.2) is 0 Å². The number of nitrogen functional groups attached to an aromatic ring is 1. The van der Waals surface area contributed by atoms with Crippen molar-refractivity contribution in [1.29, 1.82) is 0 Å². The molecule has 0 bridgehead atoms. The molecular weight excluding hydrogens is 218 g/mol. The number of hydrogen-bond donors (Lipinski definition) is 1. The molecule has 16 heavy (non-hydrogen) atoms. The first kappa shape index (κ1) is 10.5. The lowest BCUT2D eigenvalue weighted by molar-refractivity contribution is 0.324. The van der Waals surface area contributed by atoms with Crippen molar-refractivity contribution < 1.29 is 0 Å². The van der Waals surface area contributed by atoms with Crippen LogP contribution in [0.5, 0.6) is 0 Å². The highest BCUT2D eigenvalue weighted by molar-refractivity contribution is 7.98. The van der Waals surface area contributed by atoms with Crippen LogP contribution in [-0.2, 0) is 12.2 Å². The Hall–Kier alpha value is -0.640. The number of nitrogens with two attached hydrogens (primary N) is 1. The molecule has 2 aliphatic rings. The molecule has 0 atom stereocenters. The second kappa shape index (κ2) is 4.32. The monoisotopic (exact) mass is 237 g/mol. The Morgan fingerprint density at radius 1 is 1.25 bits per heavy atom. The fourth-order valence-electron chi connectivity index (χ4n) is 2.92. The van der Waals surface area contributed by atoms with Crippen LogP contribution >= 0.6 is 11.8 Å². The second-order valence-corrected chi connectivity index (χ2v) is 5.95. The number of anilines is 1. The lowest BCUT2D eigenvalue weighted by Crippen LogP contribution is -2.17. The van der Waals surface area contributed by atoms with E-state index in [1.54, 1.807) is 0 Å². The summed E-state index contributed by atoms with van der Waals surface area (Å²) in [5.74, 6) is 3.10. The van der Waals surface area contributed by atoms with E-state index in [1.807, 2.05) is 11.8 Å². The van der Waals surface area contributed by atoms with Crippen molar-refractivity contribution in [1.82, 2.24) is 9.78 Å². The van der Waals surface area contributed by atoms with Gasteiger partial charge in [0, 0.05) is 11.3 Å². The highest BCUT2D eigenvalue weighted by Gasteiger charge is 2.24.